The Balaban J connectivity index is 2.22. The quantitative estimate of drug-likeness (QED) is 0.141. The minimum absolute atomic E-state index is 0.0332. The van der Waals surface area contributed by atoms with E-state index in [0.29, 0.717) is 40.1 Å². The molecular weight excluding hydrogens is 546 g/mol. The van der Waals surface area contributed by atoms with Crippen LogP contribution >= 0.6 is 0 Å². The molecule has 218 valence electrons. The molecule has 3 rings (SSSR count). The molecule has 0 spiro atoms. The van der Waals surface area contributed by atoms with Crippen LogP contribution in [0.25, 0.3) is 11.1 Å². The molecule has 10 heteroatoms. The number of benzene rings is 2. The fourth-order valence-corrected chi connectivity index (χ4v) is 7.53. The molecule has 40 heavy (non-hydrogen) atoms. The number of sulfonamides is 2. The summed E-state index contributed by atoms with van der Waals surface area (Å²) >= 11 is 0. The number of nitrogens with one attached hydrogen (secondary N) is 2. The number of nitrogens with zero attached hydrogens (tertiary/aromatic N) is 1. The highest BCUT2D eigenvalue weighted by Crippen LogP contribution is 2.40. The predicted octanol–water partition coefficient (Wildman–Crippen LogP) is 7.46. The largest absolute Gasteiger partial charge is 0.359 e. The first-order chi connectivity index (χ1) is 19.0. The third-order valence-electron chi connectivity index (χ3n) is 7.11. The van der Waals surface area contributed by atoms with Crippen molar-refractivity contribution in [2.75, 3.05) is 15.2 Å². The average Bonchev–Trinajstić information content (AvgIpc) is 3.20. The molecule has 8 nitrogen and oxygen atoms in total. The van der Waals surface area contributed by atoms with Crippen molar-refractivity contribution in [3.63, 3.8) is 0 Å². The fourth-order valence-electron chi connectivity index (χ4n) is 4.84. The number of hydrogen-bond donors (Lipinski definition) is 2. The average molecular weight is 588 g/mol. The molecule has 0 aliphatic rings. The highest BCUT2D eigenvalue weighted by molar-refractivity contribution is 7.93. The zero-order chi connectivity index (χ0) is 29.5. The third kappa shape index (κ3) is 7.34. The Bertz CT molecular complexity index is 1540. The summed E-state index contributed by atoms with van der Waals surface area (Å²) < 4.78 is 64.0. The summed E-state index contributed by atoms with van der Waals surface area (Å²) in [6.45, 7) is 13.2. The molecule has 0 aliphatic carbocycles. The Kier molecular flexibility index (Phi) is 10.6. The van der Waals surface area contributed by atoms with Crippen LogP contribution in [0.4, 0.5) is 11.5 Å². The molecule has 0 saturated carbocycles. The highest BCUT2D eigenvalue weighted by Gasteiger charge is 2.29. The molecule has 1 unspecified atom stereocenters. The van der Waals surface area contributed by atoms with E-state index in [2.05, 4.69) is 28.1 Å². The summed E-state index contributed by atoms with van der Waals surface area (Å²) in [5.74, 6) is 0.549. The predicted molar refractivity (Wildman–Crippen MR) is 163 cm³/mol. The smallest absolute Gasteiger partial charge is 0.264 e. The van der Waals surface area contributed by atoms with Crippen molar-refractivity contribution in [1.82, 2.24) is 5.16 Å². The van der Waals surface area contributed by atoms with E-state index < -0.39 is 20.0 Å². The molecule has 3 aromatic rings. The Morgan fingerprint density at radius 1 is 0.900 bits per heavy atom. The number of anilines is 2. The molecule has 0 amide bonds. The maximum atomic E-state index is 14.1. The lowest BCUT2D eigenvalue weighted by Crippen LogP contribution is -2.19. The monoisotopic (exact) mass is 587 g/mol. The molecule has 2 N–H and O–H groups in total. The van der Waals surface area contributed by atoms with Crippen molar-refractivity contribution >= 4 is 31.6 Å². The van der Waals surface area contributed by atoms with E-state index in [4.69, 9.17) is 4.52 Å². The summed E-state index contributed by atoms with van der Waals surface area (Å²) in [5, 5.41) is 3.90. The Morgan fingerprint density at radius 3 is 2.25 bits per heavy atom. The lowest BCUT2D eigenvalue weighted by molar-refractivity contribution is 0.399. The van der Waals surface area contributed by atoms with Crippen LogP contribution in [0.2, 0.25) is 0 Å². The standard InChI is InChI=1S/C30H41N3O5S2/c1-7-10-11-12-15-24(9-3)25-18-19-27(26-16-13-14-17-28(26)32-39(34,35)20-8-2)29(22(25)5)40(36,37)33-30-21(4)23(6)38-31-30/h9,13-14,16-19,24,32H,3,7-8,10-12,15,20H2,1-2,4-6H3,(H,31,33). The summed E-state index contributed by atoms with van der Waals surface area (Å²) in [4.78, 5) is 0.0626. The Labute approximate surface area is 239 Å². The molecule has 2 aromatic carbocycles. The van der Waals surface area contributed by atoms with Crippen molar-refractivity contribution in [2.45, 2.75) is 84.0 Å². The number of unbranched alkanes of at least 4 members (excludes halogenated alkanes) is 3. The van der Waals surface area contributed by atoms with Crippen LogP contribution in [-0.4, -0.2) is 27.7 Å². The second kappa shape index (κ2) is 13.5. The Morgan fingerprint density at radius 2 is 1.62 bits per heavy atom. The molecule has 1 aromatic heterocycles. The zero-order valence-electron chi connectivity index (χ0n) is 24.1. The van der Waals surface area contributed by atoms with Gasteiger partial charge >= 0.3 is 0 Å². The van der Waals surface area contributed by atoms with E-state index in [1.54, 1.807) is 58.0 Å². The zero-order valence-corrected chi connectivity index (χ0v) is 25.7. The van der Waals surface area contributed by atoms with Crippen LogP contribution in [0.3, 0.4) is 0 Å². The first kappa shape index (κ1) is 31.4. The molecule has 0 fully saturated rings. The number of aryl methyl sites for hydroxylation is 1. The van der Waals surface area contributed by atoms with Crippen molar-refractivity contribution in [1.29, 1.82) is 0 Å². The SMILES string of the molecule is C=CC(CCCCCC)c1ccc(-c2ccccc2NS(=O)(=O)CCC)c(S(=O)(=O)Nc2noc(C)c2C)c1C. The van der Waals surface area contributed by atoms with Gasteiger partial charge in [-0.25, -0.2) is 16.8 Å². The van der Waals surface area contributed by atoms with Gasteiger partial charge in [0, 0.05) is 22.6 Å². The lowest BCUT2D eigenvalue weighted by Gasteiger charge is -2.22. The second-order valence-corrected chi connectivity index (χ2v) is 13.6. The summed E-state index contributed by atoms with van der Waals surface area (Å²) in [6.07, 6.45) is 7.55. The summed E-state index contributed by atoms with van der Waals surface area (Å²) in [7, 11) is -7.80. The van der Waals surface area contributed by atoms with Crippen LogP contribution < -0.4 is 9.44 Å². The van der Waals surface area contributed by atoms with Gasteiger partial charge in [-0.15, -0.1) is 6.58 Å². The van der Waals surface area contributed by atoms with Crippen LogP contribution in [0.1, 0.15) is 80.7 Å². The van der Waals surface area contributed by atoms with E-state index in [1.165, 1.54) is 0 Å². The molecule has 1 atom stereocenters. The highest BCUT2D eigenvalue weighted by atomic mass is 32.2. The molecule has 0 radical (unpaired) electrons. The molecule has 0 bridgehead atoms. The van der Waals surface area contributed by atoms with Gasteiger partial charge in [-0.1, -0.05) is 81.1 Å². The molecule has 0 aliphatic heterocycles. The normalized spacial score (nSPS) is 12.7. The van der Waals surface area contributed by atoms with E-state index in [1.807, 2.05) is 12.1 Å². The number of aromatic nitrogens is 1. The van der Waals surface area contributed by atoms with Gasteiger partial charge in [0.1, 0.15) is 5.76 Å². The summed E-state index contributed by atoms with van der Waals surface area (Å²) in [6, 6.07) is 10.5. The van der Waals surface area contributed by atoms with E-state index in [-0.39, 0.29) is 22.4 Å². The van der Waals surface area contributed by atoms with Crippen LogP contribution in [0, 0.1) is 20.8 Å². The lowest BCUT2D eigenvalue weighted by atomic mass is 9.88. The van der Waals surface area contributed by atoms with Gasteiger partial charge in [0.25, 0.3) is 10.0 Å². The molecular formula is C30H41N3O5S2. The Hall–Kier alpha value is -3.11. The minimum atomic E-state index is -4.18. The second-order valence-electron chi connectivity index (χ2n) is 10.1. The van der Waals surface area contributed by atoms with Crippen molar-refractivity contribution in [2.24, 2.45) is 0 Å². The van der Waals surface area contributed by atoms with Gasteiger partial charge in [-0.2, -0.15) is 0 Å². The summed E-state index contributed by atoms with van der Waals surface area (Å²) in [5.41, 5.74) is 3.19. The van der Waals surface area contributed by atoms with Crippen LogP contribution in [0.15, 0.2) is 58.5 Å². The first-order valence-electron chi connectivity index (χ1n) is 13.8. The van der Waals surface area contributed by atoms with Gasteiger partial charge in [-0.05, 0) is 50.8 Å². The molecule has 0 saturated heterocycles. The van der Waals surface area contributed by atoms with Crippen LogP contribution in [0.5, 0.6) is 0 Å². The van der Waals surface area contributed by atoms with Crippen LogP contribution in [-0.2, 0) is 20.0 Å². The van der Waals surface area contributed by atoms with Gasteiger partial charge < -0.3 is 4.52 Å². The number of allylic oxidation sites excluding steroid dienone is 1. The van der Waals surface area contributed by atoms with Gasteiger partial charge in [0.15, 0.2) is 5.82 Å². The first-order valence-corrected chi connectivity index (χ1v) is 16.9. The number of para-hydroxylation sites is 1. The third-order valence-corrected chi connectivity index (χ3v) is 10.1. The van der Waals surface area contributed by atoms with E-state index in [9.17, 15) is 16.8 Å². The van der Waals surface area contributed by atoms with Crippen molar-refractivity contribution in [3.8, 4) is 11.1 Å². The number of rotatable bonds is 15. The maximum Gasteiger partial charge on any atom is 0.264 e. The van der Waals surface area contributed by atoms with Gasteiger partial charge in [0.05, 0.1) is 16.3 Å². The fraction of sp³-hybridized carbons (Fsp3) is 0.433. The van der Waals surface area contributed by atoms with Crippen molar-refractivity contribution < 1.29 is 21.4 Å². The molecule has 1 heterocycles. The maximum absolute atomic E-state index is 14.1. The van der Waals surface area contributed by atoms with Crippen molar-refractivity contribution in [3.05, 3.63) is 71.5 Å². The van der Waals surface area contributed by atoms with E-state index in [0.717, 1.165) is 37.7 Å². The van der Waals surface area contributed by atoms with Gasteiger partial charge in [0.2, 0.25) is 10.0 Å². The topological polar surface area (TPSA) is 118 Å². The number of hydrogen-bond acceptors (Lipinski definition) is 6. The minimum Gasteiger partial charge on any atom is -0.359 e. The van der Waals surface area contributed by atoms with E-state index >= 15 is 0 Å². The van der Waals surface area contributed by atoms with Gasteiger partial charge in [-0.3, -0.25) is 9.44 Å².